The first-order chi connectivity index (χ1) is 9.87. The molecule has 8 N–H and O–H groups in total. The van der Waals surface area contributed by atoms with Crippen LogP contribution in [0.4, 0.5) is 0 Å². The Morgan fingerprint density at radius 3 is 2.10 bits per heavy atom. The zero-order valence-corrected chi connectivity index (χ0v) is 11.4. The van der Waals surface area contributed by atoms with Gasteiger partial charge in [-0.1, -0.05) is 0 Å². The number of aliphatic hydroxyl groups excluding tert-OH is 6. The minimum atomic E-state index is -1.76. The first-order valence-corrected chi connectivity index (χ1v) is 6.28. The van der Waals surface area contributed by atoms with Gasteiger partial charge in [-0.2, -0.15) is 0 Å². The van der Waals surface area contributed by atoms with E-state index in [-0.39, 0.29) is 0 Å². The summed E-state index contributed by atoms with van der Waals surface area (Å²) in [6.45, 7) is -2.69. The summed E-state index contributed by atoms with van der Waals surface area (Å²) in [6, 6.07) is 0. The number of rotatable bonds is 11. The molecule has 10 nitrogen and oxygen atoms in total. The Bertz CT molecular complexity index is 291. The van der Waals surface area contributed by atoms with Gasteiger partial charge in [-0.05, 0) is 0 Å². The molecule has 0 aliphatic rings. The van der Waals surface area contributed by atoms with E-state index in [1.807, 2.05) is 0 Å². The maximum absolute atomic E-state index is 11.0. The van der Waals surface area contributed by atoms with Crippen molar-refractivity contribution in [2.45, 2.75) is 30.5 Å². The predicted molar refractivity (Wildman–Crippen MR) is 68.0 cm³/mol. The Balaban J connectivity index is 4.64. The second-order valence-electron chi connectivity index (χ2n) is 4.33. The standard InChI is InChI=1S/C11H23NO9/c12-1-9(17)21-5-8(20-4-6(15)2-13)11(19)10(18)7(16)3-14/h6-8,10-11,13-16,18-19H,1-5,12H2/t6?,7-,8-,10-,11-/m1/s1. The third kappa shape index (κ3) is 7.64. The highest BCUT2D eigenvalue weighted by atomic mass is 16.6. The van der Waals surface area contributed by atoms with Gasteiger partial charge in [0.05, 0.1) is 26.4 Å². The van der Waals surface area contributed by atoms with E-state index in [1.54, 1.807) is 0 Å². The summed E-state index contributed by atoms with van der Waals surface area (Å²) in [4.78, 5) is 11.0. The van der Waals surface area contributed by atoms with Crippen molar-refractivity contribution < 1.29 is 44.9 Å². The fraction of sp³-hybridized carbons (Fsp3) is 0.909. The monoisotopic (exact) mass is 313 g/mol. The van der Waals surface area contributed by atoms with Crippen LogP contribution in [0.2, 0.25) is 0 Å². The molecule has 5 atom stereocenters. The zero-order valence-electron chi connectivity index (χ0n) is 11.4. The van der Waals surface area contributed by atoms with E-state index in [1.165, 1.54) is 0 Å². The van der Waals surface area contributed by atoms with Crippen LogP contribution < -0.4 is 5.73 Å². The molecule has 0 fully saturated rings. The zero-order chi connectivity index (χ0) is 16.4. The molecule has 0 aromatic rings. The van der Waals surface area contributed by atoms with Gasteiger partial charge in [0.15, 0.2) is 0 Å². The van der Waals surface area contributed by atoms with Crippen LogP contribution in [0.3, 0.4) is 0 Å². The highest BCUT2D eigenvalue weighted by Gasteiger charge is 2.33. The van der Waals surface area contributed by atoms with Crippen LogP contribution in [0.25, 0.3) is 0 Å². The molecule has 0 spiro atoms. The van der Waals surface area contributed by atoms with Crippen LogP contribution >= 0.6 is 0 Å². The van der Waals surface area contributed by atoms with Gasteiger partial charge in [0.2, 0.25) is 0 Å². The molecule has 21 heavy (non-hydrogen) atoms. The first kappa shape index (κ1) is 20.1. The summed E-state index contributed by atoms with van der Waals surface area (Å²) in [5.74, 6) is -0.782. The lowest BCUT2D eigenvalue weighted by Crippen LogP contribution is -2.49. The SMILES string of the molecule is NCC(=O)OC[C@@H](OCC(O)CO)[C@@H](O)[C@H](O)[C@H](O)CO. The average Bonchev–Trinajstić information content (AvgIpc) is 2.51. The molecule has 0 heterocycles. The largest absolute Gasteiger partial charge is 0.462 e. The molecule has 0 amide bonds. The van der Waals surface area contributed by atoms with Crippen molar-refractivity contribution in [2.24, 2.45) is 5.73 Å². The predicted octanol–water partition coefficient (Wildman–Crippen LogP) is -4.70. The van der Waals surface area contributed by atoms with E-state index in [0.29, 0.717) is 0 Å². The lowest BCUT2D eigenvalue weighted by molar-refractivity contribution is -0.167. The van der Waals surface area contributed by atoms with Gasteiger partial charge in [-0.25, -0.2) is 0 Å². The molecule has 0 aliphatic carbocycles. The van der Waals surface area contributed by atoms with Crippen molar-refractivity contribution in [3.8, 4) is 0 Å². The van der Waals surface area contributed by atoms with Crippen LogP contribution in [-0.2, 0) is 14.3 Å². The van der Waals surface area contributed by atoms with Crippen LogP contribution in [0.15, 0.2) is 0 Å². The Morgan fingerprint density at radius 2 is 1.62 bits per heavy atom. The van der Waals surface area contributed by atoms with E-state index < -0.39 is 69.5 Å². The van der Waals surface area contributed by atoms with Gasteiger partial charge in [0, 0.05) is 0 Å². The lowest BCUT2D eigenvalue weighted by atomic mass is 10.0. The lowest BCUT2D eigenvalue weighted by Gasteiger charge is -2.29. The number of hydrogen-bond acceptors (Lipinski definition) is 10. The maximum atomic E-state index is 11.0. The summed E-state index contributed by atoms with van der Waals surface area (Å²) in [5.41, 5.74) is 5.03. The summed E-state index contributed by atoms with van der Waals surface area (Å²) in [5, 5.41) is 55.2. The van der Waals surface area contributed by atoms with E-state index in [0.717, 1.165) is 0 Å². The Hall–Kier alpha value is -0.850. The Morgan fingerprint density at radius 1 is 1.00 bits per heavy atom. The first-order valence-electron chi connectivity index (χ1n) is 6.28. The molecule has 0 bridgehead atoms. The second-order valence-corrected chi connectivity index (χ2v) is 4.33. The molecule has 126 valence electrons. The van der Waals surface area contributed by atoms with Crippen molar-refractivity contribution in [3.05, 3.63) is 0 Å². The topological polar surface area (TPSA) is 183 Å². The number of carbonyl (C=O) groups is 1. The van der Waals surface area contributed by atoms with E-state index in [9.17, 15) is 20.1 Å². The Labute approximate surface area is 121 Å². The molecule has 0 aromatic carbocycles. The van der Waals surface area contributed by atoms with Gasteiger partial charge in [0.1, 0.15) is 37.1 Å². The minimum Gasteiger partial charge on any atom is -0.462 e. The van der Waals surface area contributed by atoms with Crippen molar-refractivity contribution in [3.63, 3.8) is 0 Å². The van der Waals surface area contributed by atoms with E-state index in [2.05, 4.69) is 4.74 Å². The number of ether oxygens (including phenoxy) is 2. The maximum Gasteiger partial charge on any atom is 0.319 e. The van der Waals surface area contributed by atoms with Gasteiger partial charge in [0.25, 0.3) is 0 Å². The van der Waals surface area contributed by atoms with Crippen LogP contribution in [0.1, 0.15) is 0 Å². The van der Waals surface area contributed by atoms with Crippen molar-refractivity contribution in [2.75, 3.05) is 33.0 Å². The van der Waals surface area contributed by atoms with Gasteiger partial charge >= 0.3 is 5.97 Å². The van der Waals surface area contributed by atoms with E-state index >= 15 is 0 Å². The molecule has 0 saturated carbocycles. The molecule has 10 heteroatoms. The molecule has 1 unspecified atom stereocenters. The number of hydrogen-bond donors (Lipinski definition) is 7. The van der Waals surface area contributed by atoms with Gasteiger partial charge in [-0.15, -0.1) is 0 Å². The summed E-state index contributed by atoms with van der Waals surface area (Å²) in [6.07, 6.45) is -7.62. The highest BCUT2D eigenvalue weighted by molar-refractivity contribution is 5.71. The summed E-state index contributed by atoms with van der Waals surface area (Å²) in [7, 11) is 0. The second kappa shape index (κ2) is 10.8. The Kier molecular flexibility index (Phi) is 10.4. The third-order valence-corrected chi connectivity index (χ3v) is 2.60. The van der Waals surface area contributed by atoms with Crippen LogP contribution in [0.5, 0.6) is 0 Å². The average molecular weight is 313 g/mol. The number of nitrogens with two attached hydrogens (primary N) is 1. The minimum absolute atomic E-state index is 0.399. The number of aliphatic hydroxyl groups is 6. The van der Waals surface area contributed by atoms with Gasteiger partial charge < -0.3 is 45.8 Å². The fourth-order valence-electron chi connectivity index (χ4n) is 1.32. The van der Waals surface area contributed by atoms with Crippen LogP contribution in [-0.4, -0.2) is 100 Å². The molecule has 0 aromatic heterocycles. The normalized spacial score (nSPS) is 18.6. The molecule has 0 rings (SSSR count). The van der Waals surface area contributed by atoms with Crippen LogP contribution in [0, 0.1) is 0 Å². The van der Waals surface area contributed by atoms with Crippen molar-refractivity contribution in [1.82, 2.24) is 0 Å². The summed E-state index contributed by atoms with van der Waals surface area (Å²) >= 11 is 0. The highest BCUT2D eigenvalue weighted by Crippen LogP contribution is 2.10. The third-order valence-electron chi connectivity index (χ3n) is 2.60. The van der Waals surface area contributed by atoms with Crippen molar-refractivity contribution in [1.29, 1.82) is 0 Å². The molecule has 0 radical (unpaired) electrons. The molecular formula is C11H23NO9. The fourth-order valence-corrected chi connectivity index (χ4v) is 1.32. The smallest absolute Gasteiger partial charge is 0.319 e. The molecule has 0 aliphatic heterocycles. The van der Waals surface area contributed by atoms with Crippen molar-refractivity contribution >= 4 is 5.97 Å². The molecular weight excluding hydrogens is 290 g/mol. The quantitative estimate of drug-likeness (QED) is 0.183. The summed E-state index contributed by atoms with van der Waals surface area (Å²) < 4.78 is 9.69. The number of carbonyl (C=O) groups excluding carboxylic acids is 1. The van der Waals surface area contributed by atoms with Gasteiger partial charge in [-0.3, -0.25) is 4.79 Å². The number of esters is 1. The van der Waals surface area contributed by atoms with E-state index in [4.69, 9.17) is 25.8 Å². The molecule has 0 saturated heterocycles.